The number of rotatable bonds is 12. The Morgan fingerprint density at radius 2 is 1.60 bits per heavy atom. The van der Waals surface area contributed by atoms with E-state index in [1.54, 1.807) is 77.1 Å². The predicted molar refractivity (Wildman–Crippen MR) is 170 cm³/mol. The van der Waals surface area contributed by atoms with E-state index in [4.69, 9.17) is 16.3 Å². The van der Waals surface area contributed by atoms with Crippen molar-refractivity contribution in [2.45, 2.75) is 77.8 Å². The van der Waals surface area contributed by atoms with Crippen LogP contribution in [0.2, 0.25) is 5.02 Å². The summed E-state index contributed by atoms with van der Waals surface area (Å²) in [6, 6.07) is 12.6. The van der Waals surface area contributed by atoms with Crippen LogP contribution in [-0.2, 0) is 4.74 Å². The summed E-state index contributed by atoms with van der Waals surface area (Å²) >= 11 is 6.03. The van der Waals surface area contributed by atoms with Gasteiger partial charge in [0.05, 0.1) is 18.1 Å². The lowest BCUT2D eigenvalue weighted by atomic mass is 9.85. The molecule has 2 aromatic rings. The molecule has 0 fully saturated rings. The minimum Gasteiger partial charge on any atom is -0.444 e. The Hall–Kier alpha value is -3.47. The SMILES string of the molecule is CCC=C(/C=C(\C=C(/C)C(O)(CNC(=O)OC(C)(C)C)C(F)(F)F)C(C)(C)NCC(=O)c1ccccc1)c1ccc(F)c(Cl)c1. The monoisotopic (exact) mass is 652 g/mol. The second-order valence-corrected chi connectivity index (χ2v) is 12.5. The quantitative estimate of drug-likeness (QED) is 0.122. The molecule has 1 amide bonds. The number of ketones is 1. The molecule has 11 heteroatoms. The fraction of sp³-hybridized carbons (Fsp3) is 0.412. The zero-order chi connectivity index (χ0) is 34.2. The third kappa shape index (κ3) is 10.8. The number of ether oxygens (including phenoxy) is 1. The van der Waals surface area contributed by atoms with Gasteiger partial charge in [0.15, 0.2) is 11.4 Å². The fourth-order valence-corrected chi connectivity index (χ4v) is 4.37. The first kappa shape index (κ1) is 37.7. The Kier molecular flexibility index (Phi) is 12.7. The van der Waals surface area contributed by atoms with Crippen LogP contribution in [0.3, 0.4) is 0 Å². The van der Waals surface area contributed by atoms with Crippen LogP contribution in [-0.4, -0.2) is 53.0 Å². The number of hydrogen-bond acceptors (Lipinski definition) is 5. The van der Waals surface area contributed by atoms with Crippen LogP contribution in [0.25, 0.3) is 5.57 Å². The van der Waals surface area contributed by atoms with Crippen LogP contribution in [0.5, 0.6) is 0 Å². The van der Waals surface area contributed by atoms with Crippen LogP contribution in [0.4, 0.5) is 22.4 Å². The predicted octanol–water partition coefficient (Wildman–Crippen LogP) is 8.21. The molecule has 45 heavy (non-hydrogen) atoms. The highest BCUT2D eigenvalue weighted by atomic mass is 35.5. The Morgan fingerprint density at radius 1 is 0.978 bits per heavy atom. The second kappa shape index (κ2) is 15.2. The van der Waals surface area contributed by atoms with Crippen molar-refractivity contribution in [1.29, 1.82) is 0 Å². The third-order valence-electron chi connectivity index (χ3n) is 6.88. The molecule has 0 saturated carbocycles. The number of alkyl carbamates (subject to hydrolysis) is 1. The summed E-state index contributed by atoms with van der Waals surface area (Å²) in [5.74, 6) is -0.878. The van der Waals surface area contributed by atoms with Crippen molar-refractivity contribution in [1.82, 2.24) is 10.6 Å². The largest absolute Gasteiger partial charge is 0.444 e. The van der Waals surface area contributed by atoms with Crippen LogP contribution in [0.15, 0.2) is 77.9 Å². The highest BCUT2D eigenvalue weighted by molar-refractivity contribution is 6.30. The van der Waals surface area contributed by atoms with E-state index < -0.39 is 46.9 Å². The van der Waals surface area contributed by atoms with E-state index in [1.165, 1.54) is 24.3 Å². The van der Waals surface area contributed by atoms with E-state index in [9.17, 15) is 32.3 Å². The number of hydrogen-bond donors (Lipinski definition) is 3. The van der Waals surface area contributed by atoms with E-state index in [0.29, 0.717) is 23.1 Å². The maximum Gasteiger partial charge on any atom is 0.422 e. The standard InChI is InChI=1S/C34H41ClF4N2O4/c1-8-12-24(25-15-16-28(36)27(35)19-25)18-26(32(6,7)41-20-29(42)23-13-10-9-11-14-23)17-22(2)33(44,34(37,38)39)21-40-30(43)45-31(3,4)5/h9-19,41,44H,8,20-21H2,1-7H3,(H,40,43)/b22-17+,24-12?,26-18+. The number of nitrogens with one attached hydrogen (secondary N) is 2. The second-order valence-electron chi connectivity index (χ2n) is 12.1. The van der Waals surface area contributed by atoms with Crippen molar-refractivity contribution in [2.75, 3.05) is 13.1 Å². The van der Waals surface area contributed by atoms with E-state index >= 15 is 0 Å². The van der Waals surface area contributed by atoms with Crippen LogP contribution in [0.1, 0.15) is 70.8 Å². The Bertz CT molecular complexity index is 1440. The molecule has 246 valence electrons. The third-order valence-corrected chi connectivity index (χ3v) is 7.17. The summed E-state index contributed by atoms with van der Waals surface area (Å²) in [6.07, 6.45) is -1.26. The van der Waals surface area contributed by atoms with Crippen molar-refractivity contribution < 1.29 is 37.0 Å². The molecule has 0 saturated heterocycles. The number of Topliss-reactive ketones (excluding diaryl/α,β-unsaturated/α-hetero) is 1. The van der Waals surface area contributed by atoms with Gasteiger partial charge in [-0.15, -0.1) is 0 Å². The minimum absolute atomic E-state index is 0.137. The molecule has 1 atom stereocenters. The molecule has 0 aliphatic rings. The van der Waals surface area contributed by atoms with Gasteiger partial charge in [-0.2, -0.15) is 13.2 Å². The van der Waals surface area contributed by atoms with Gasteiger partial charge in [-0.3, -0.25) is 4.79 Å². The fourth-order valence-electron chi connectivity index (χ4n) is 4.19. The molecule has 0 aliphatic heterocycles. The summed E-state index contributed by atoms with van der Waals surface area (Å²) < 4.78 is 62.3. The molecule has 0 heterocycles. The van der Waals surface area contributed by atoms with Gasteiger partial charge in [-0.1, -0.05) is 67.1 Å². The molecule has 2 rings (SSSR count). The number of benzene rings is 2. The summed E-state index contributed by atoms with van der Waals surface area (Å²) in [5.41, 5.74) is -4.41. The van der Waals surface area contributed by atoms with Gasteiger partial charge < -0.3 is 20.5 Å². The lowest BCUT2D eigenvalue weighted by molar-refractivity contribution is -0.241. The van der Waals surface area contributed by atoms with Gasteiger partial charge in [0.25, 0.3) is 0 Å². The van der Waals surface area contributed by atoms with Crippen molar-refractivity contribution >= 4 is 29.1 Å². The number of carbonyl (C=O) groups excluding carboxylic acids is 2. The Labute approximate surface area is 267 Å². The molecule has 0 bridgehead atoms. The molecule has 0 aromatic heterocycles. The number of allylic oxidation sites excluding steroid dienone is 3. The number of carbonyl (C=O) groups is 2. The molecule has 0 aliphatic carbocycles. The first-order valence-corrected chi connectivity index (χ1v) is 14.7. The van der Waals surface area contributed by atoms with E-state index in [-0.39, 0.29) is 22.9 Å². The topological polar surface area (TPSA) is 87.7 Å². The number of halogens is 5. The van der Waals surface area contributed by atoms with Gasteiger partial charge in [0.1, 0.15) is 11.4 Å². The molecule has 1 unspecified atom stereocenters. The summed E-state index contributed by atoms with van der Waals surface area (Å²) in [4.78, 5) is 25.1. The Balaban J connectivity index is 2.65. The molecular weight excluding hydrogens is 612 g/mol. The lowest BCUT2D eigenvalue weighted by Gasteiger charge is -2.34. The Morgan fingerprint density at radius 3 is 2.13 bits per heavy atom. The number of alkyl halides is 3. The van der Waals surface area contributed by atoms with Crippen molar-refractivity contribution in [3.8, 4) is 0 Å². The van der Waals surface area contributed by atoms with Crippen molar-refractivity contribution in [2.24, 2.45) is 0 Å². The van der Waals surface area contributed by atoms with E-state index in [0.717, 1.165) is 6.92 Å². The summed E-state index contributed by atoms with van der Waals surface area (Å²) in [6.45, 7) is 9.59. The minimum atomic E-state index is -5.19. The molecule has 2 aromatic carbocycles. The number of aliphatic hydroxyl groups is 1. The van der Waals surface area contributed by atoms with E-state index in [2.05, 4.69) is 5.32 Å². The molecule has 0 radical (unpaired) electrons. The van der Waals surface area contributed by atoms with E-state index in [1.807, 2.05) is 12.2 Å². The van der Waals surface area contributed by atoms with Crippen LogP contribution in [0, 0.1) is 5.82 Å². The van der Waals surface area contributed by atoms with Gasteiger partial charge in [0.2, 0.25) is 0 Å². The highest BCUT2D eigenvalue weighted by Gasteiger charge is 2.55. The molecule has 6 nitrogen and oxygen atoms in total. The maximum atomic E-state index is 14.4. The highest BCUT2D eigenvalue weighted by Crippen LogP contribution is 2.38. The maximum absolute atomic E-state index is 14.4. The zero-order valence-electron chi connectivity index (χ0n) is 26.5. The smallest absolute Gasteiger partial charge is 0.422 e. The normalized spacial score (nSPS) is 15.0. The van der Waals surface area contributed by atoms with Gasteiger partial charge >= 0.3 is 12.3 Å². The molecule has 3 N–H and O–H groups in total. The average Bonchev–Trinajstić information content (AvgIpc) is 2.94. The number of amides is 1. The first-order valence-electron chi connectivity index (χ1n) is 14.4. The van der Waals surface area contributed by atoms with Crippen molar-refractivity contribution in [3.05, 3.63) is 99.9 Å². The summed E-state index contributed by atoms with van der Waals surface area (Å²) in [7, 11) is 0. The van der Waals surface area contributed by atoms with Crippen LogP contribution < -0.4 is 10.6 Å². The van der Waals surface area contributed by atoms with Crippen LogP contribution >= 0.6 is 11.6 Å². The van der Waals surface area contributed by atoms with Gasteiger partial charge in [0, 0.05) is 11.1 Å². The van der Waals surface area contributed by atoms with Gasteiger partial charge in [-0.05, 0) is 88.5 Å². The zero-order valence-corrected chi connectivity index (χ0v) is 27.3. The summed E-state index contributed by atoms with van der Waals surface area (Å²) in [5, 5.41) is 16.0. The molecule has 0 spiro atoms. The molecular formula is C34H41ClF4N2O4. The average molecular weight is 653 g/mol. The van der Waals surface area contributed by atoms with Crippen molar-refractivity contribution in [3.63, 3.8) is 0 Å². The first-order chi connectivity index (χ1) is 20.7. The lowest BCUT2D eigenvalue weighted by Crippen LogP contribution is -2.55. The van der Waals surface area contributed by atoms with Gasteiger partial charge in [-0.25, -0.2) is 9.18 Å².